The third-order valence-corrected chi connectivity index (χ3v) is 7.08. The van der Waals surface area contributed by atoms with E-state index in [1.54, 1.807) is 0 Å². The second-order valence-corrected chi connectivity index (χ2v) is 9.32. The van der Waals surface area contributed by atoms with Gasteiger partial charge in [0, 0.05) is 62.0 Å². The van der Waals surface area contributed by atoms with E-state index in [1.807, 2.05) is 0 Å². The van der Waals surface area contributed by atoms with Crippen LogP contribution in [0.3, 0.4) is 0 Å². The van der Waals surface area contributed by atoms with Gasteiger partial charge < -0.3 is 20.3 Å². The fraction of sp³-hybridized carbons (Fsp3) is 0.900. The van der Waals surface area contributed by atoms with Crippen molar-refractivity contribution in [3.8, 4) is 0 Å². The zero-order chi connectivity index (χ0) is 18.4. The molecule has 4 atom stereocenters. The SMILES string of the molecule is CCN=C(NC1C2CCCOC2C1(C)C)N1CCCC2(CNC(=O)C2)C1. The number of amides is 1. The van der Waals surface area contributed by atoms with Crippen LogP contribution in [0.4, 0.5) is 0 Å². The minimum atomic E-state index is 0.0944. The van der Waals surface area contributed by atoms with Crippen LogP contribution < -0.4 is 10.6 Å². The Morgan fingerprint density at radius 1 is 1.42 bits per heavy atom. The summed E-state index contributed by atoms with van der Waals surface area (Å²) in [5, 5.41) is 6.86. The first-order chi connectivity index (χ1) is 12.5. The van der Waals surface area contributed by atoms with E-state index in [-0.39, 0.29) is 16.7 Å². The molecule has 0 radical (unpaired) electrons. The Hall–Kier alpha value is -1.30. The van der Waals surface area contributed by atoms with Crippen LogP contribution in [0.1, 0.15) is 52.9 Å². The molecule has 1 spiro atoms. The lowest BCUT2D eigenvalue weighted by atomic mass is 9.55. The molecule has 146 valence electrons. The number of carbonyl (C=O) groups excluding carboxylic acids is 1. The Morgan fingerprint density at radius 2 is 2.27 bits per heavy atom. The quantitative estimate of drug-likeness (QED) is 0.580. The first-order valence-corrected chi connectivity index (χ1v) is 10.4. The number of fused-ring (bicyclic) bond motifs is 1. The van der Waals surface area contributed by atoms with Gasteiger partial charge in [0.2, 0.25) is 5.91 Å². The van der Waals surface area contributed by atoms with Gasteiger partial charge in [0.25, 0.3) is 0 Å². The fourth-order valence-corrected chi connectivity index (χ4v) is 5.77. The molecule has 3 aliphatic heterocycles. The molecule has 1 aliphatic carbocycles. The van der Waals surface area contributed by atoms with Crippen LogP contribution >= 0.6 is 0 Å². The van der Waals surface area contributed by atoms with Gasteiger partial charge in [0.05, 0.1) is 6.10 Å². The number of likely N-dealkylation sites (tertiary alicyclic amines) is 1. The average Bonchev–Trinajstić information content (AvgIpc) is 2.98. The Kier molecular flexibility index (Phi) is 4.66. The Morgan fingerprint density at radius 3 is 3.00 bits per heavy atom. The zero-order valence-electron chi connectivity index (χ0n) is 16.5. The highest BCUT2D eigenvalue weighted by molar-refractivity contribution is 5.82. The van der Waals surface area contributed by atoms with Crippen molar-refractivity contribution < 1.29 is 9.53 Å². The number of nitrogens with zero attached hydrogens (tertiary/aromatic N) is 2. The van der Waals surface area contributed by atoms with Crippen molar-refractivity contribution in [3.05, 3.63) is 0 Å². The summed E-state index contributed by atoms with van der Waals surface area (Å²) in [5.74, 6) is 1.83. The van der Waals surface area contributed by atoms with Crippen molar-refractivity contribution >= 4 is 11.9 Å². The molecule has 6 nitrogen and oxygen atoms in total. The van der Waals surface area contributed by atoms with Crippen LogP contribution in [0.25, 0.3) is 0 Å². The largest absolute Gasteiger partial charge is 0.377 e. The molecule has 26 heavy (non-hydrogen) atoms. The van der Waals surface area contributed by atoms with Crippen molar-refractivity contribution in [2.45, 2.75) is 65.0 Å². The van der Waals surface area contributed by atoms with E-state index in [0.29, 0.717) is 24.5 Å². The van der Waals surface area contributed by atoms with E-state index in [0.717, 1.165) is 58.0 Å². The molecule has 2 N–H and O–H groups in total. The van der Waals surface area contributed by atoms with Crippen LogP contribution in [-0.4, -0.2) is 61.7 Å². The van der Waals surface area contributed by atoms with Crippen LogP contribution in [-0.2, 0) is 9.53 Å². The van der Waals surface area contributed by atoms with Gasteiger partial charge >= 0.3 is 0 Å². The van der Waals surface area contributed by atoms with Crippen molar-refractivity contribution in [3.63, 3.8) is 0 Å². The summed E-state index contributed by atoms with van der Waals surface area (Å²) < 4.78 is 6.06. The molecule has 4 unspecified atom stereocenters. The standard InChI is InChI=1S/C20H34N4O2/c1-4-21-18(23-16-14-7-5-10-26-17(14)19(16,2)3)24-9-6-8-20(13-24)11-15(25)22-12-20/h14,16-17H,4-13H2,1-3H3,(H,21,23)(H,22,25). The highest BCUT2D eigenvalue weighted by Gasteiger charge is 2.58. The maximum atomic E-state index is 11.8. The predicted molar refractivity (Wildman–Crippen MR) is 102 cm³/mol. The summed E-state index contributed by atoms with van der Waals surface area (Å²) in [6.07, 6.45) is 5.71. The van der Waals surface area contributed by atoms with Crippen molar-refractivity contribution in [2.24, 2.45) is 21.7 Å². The van der Waals surface area contributed by atoms with Crippen LogP contribution in [0.2, 0.25) is 0 Å². The number of nitrogens with one attached hydrogen (secondary N) is 2. The highest BCUT2D eigenvalue weighted by Crippen LogP contribution is 2.51. The summed E-state index contributed by atoms with van der Waals surface area (Å²) in [6, 6.07) is 0.416. The highest BCUT2D eigenvalue weighted by atomic mass is 16.5. The van der Waals surface area contributed by atoms with Gasteiger partial charge in [-0.3, -0.25) is 9.79 Å². The first kappa shape index (κ1) is 18.1. The minimum absolute atomic E-state index is 0.0944. The van der Waals surface area contributed by atoms with E-state index in [9.17, 15) is 4.79 Å². The minimum Gasteiger partial charge on any atom is -0.377 e. The van der Waals surface area contributed by atoms with Gasteiger partial charge in [-0.05, 0) is 32.6 Å². The first-order valence-electron chi connectivity index (χ1n) is 10.4. The number of aliphatic imine (C=N–C) groups is 1. The van der Waals surface area contributed by atoms with E-state index < -0.39 is 0 Å². The van der Waals surface area contributed by atoms with Gasteiger partial charge in [-0.25, -0.2) is 0 Å². The molecular formula is C20H34N4O2. The summed E-state index contributed by atoms with van der Waals surface area (Å²) in [5.41, 5.74) is 0.231. The Bertz CT molecular complexity index is 590. The van der Waals surface area contributed by atoms with E-state index >= 15 is 0 Å². The zero-order valence-corrected chi connectivity index (χ0v) is 16.5. The molecule has 0 aromatic heterocycles. The van der Waals surface area contributed by atoms with Crippen LogP contribution in [0, 0.1) is 16.7 Å². The predicted octanol–water partition coefficient (Wildman–Crippen LogP) is 1.76. The second-order valence-electron chi connectivity index (χ2n) is 9.32. The average molecular weight is 363 g/mol. The number of rotatable bonds is 2. The van der Waals surface area contributed by atoms with E-state index in [4.69, 9.17) is 9.73 Å². The summed E-state index contributed by atoms with van der Waals surface area (Å²) in [7, 11) is 0. The number of guanidine groups is 1. The van der Waals surface area contributed by atoms with Crippen LogP contribution in [0.5, 0.6) is 0 Å². The molecule has 1 amide bonds. The molecular weight excluding hydrogens is 328 g/mol. The molecule has 4 aliphatic rings. The van der Waals surface area contributed by atoms with Gasteiger partial charge in [-0.2, -0.15) is 0 Å². The smallest absolute Gasteiger partial charge is 0.220 e. The molecule has 6 heteroatoms. The Labute approximate surface area is 157 Å². The number of hydrogen-bond acceptors (Lipinski definition) is 3. The number of ether oxygens (including phenoxy) is 1. The second kappa shape index (κ2) is 6.70. The normalized spacial score (nSPS) is 39.3. The van der Waals surface area contributed by atoms with Gasteiger partial charge in [-0.1, -0.05) is 13.8 Å². The van der Waals surface area contributed by atoms with Gasteiger partial charge in [0.1, 0.15) is 0 Å². The Balaban J connectivity index is 1.48. The topological polar surface area (TPSA) is 66.0 Å². The lowest BCUT2D eigenvalue weighted by Gasteiger charge is -2.60. The molecule has 4 rings (SSSR count). The monoisotopic (exact) mass is 362 g/mol. The van der Waals surface area contributed by atoms with Crippen molar-refractivity contribution in [1.29, 1.82) is 0 Å². The van der Waals surface area contributed by atoms with E-state index in [1.165, 1.54) is 6.42 Å². The summed E-state index contributed by atoms with van der Waals surface area (Å²) in [4.78, 5) is 19.0. The van der Waals surface area contributed by atoms with Gasteiger partial charge in [-0.15, -0.1) is 0 Å². The molecule has 3 heterocycles. The summed E-state index contributed by atoms with van der Waals surface area (Å²) >= 11 is 0. The molecule has 1 saturated carbocycles. The molecule has 4 fully saturated rings. The van der Waals surface area contributed by atoms with Gasteiger partial charge in [0.15, 0.2) is 5.96 Å². The van der Waals surface area contributed by atoms with E-state index in [2.05, 4.69) is 36.3 Å². The third-order valence-electron chi connectivity index (χ3n) is 7.08. The number of piperidine rings is 1. The lowest BCUT2D eigenvalue weighted by Crippen LogP contribution is -2.71. The maximum absolute atomic E-state index is 11.8. The molecule has 0 aromatic rings. The van der Waals surface area contributed by atoms with Crippen molar-refractivity contribution in [2.75, 3.05) is 32.8 Å². The lowest BCUT2D eigenvalue weighted by molar-refractivity contribution is -0.188. The number of hydrogen-bond donors (Lipinski definition) is 2. The molecule has 0 bridgehead atoms. The molecule has 3 saturated heterocycles. The summed E-state index contributed by atoms with van der Waals surface area (Å²) in [6.45, 7) is 11.2. The fourth-order valence-electron chi connectivity index (χ4n) is 5.77. The number of carbonyl (C=O) groups is 1. The van der Waals surface area contributed by atoms with Crippen LogP contribution in [0.15, 0.2) is 4.99 Å². The third kappa shape index (κ3) is 3.00. The molecule has 0 aromatic carbocycles. The van der Waals surface area contributed by atoms with Crippen molar-refractivity contribution in [1.82, 2.24) is 15.5 Å². The maximum Gasteiger partial charge on any atom is 0.220 e.